The summed E-state index contributed by atoms with van der Waals surface area (Å²) in [4.78, 5) is 14.3. The molecule has 110 valence electrons. The highest BCUT2D eigenvalue weighted by Crippen LogP contribution is 2.22. The van der Waals surface area contributed by atoms with E-state index in [-0.39, 0.29) is 12.0 Å². The zero-order valence-electron chi connectivity index (χ0n) is 11.6. The number of nitrogens with zero attached hydrogens (tertiary/aromatic N) is 1. The van der Waals surface area contributed by atoms with Crippen molar-refractivity contribution in [3.63, 3.8) is 0 Å². The molecule has 0 radical (unpaired) electrons. The Kier molecular flexibility index (Phi) is 5.94. The first kappa shape index (κ1) is 15.1. The van der Waals surface area contributed by atoms with Crippen molar-refractivity contribution in [2.75, 3.05) is 38.2 Å². The van der Waals surface area contributed by atoms with Crippen LogP contribution in [0.3, 0.4) is 0 Å². The van der Waals surface area contributed by atoms with E-state index in [1.54, 1.807) is 11.8 Å². The molecule has 5 nitrogen and oxygen atoms in total. The molecule has 2 unspecified atom stereocenters. The molecule has 0 aromatic carbocycles. The number of hydrogen-bond acceptors (Lipinski definition) is 5. The minimum Gasteiger partial charge on any atom is -0.373 e. The van der Waals surface area contributed by atoms with Crippen LogP contribution in [0.2, 0.25) is 0 Å². The average molecular weight is 287 g/mol. The van der Waals surface area contributed by atoms with Gasteiger partial charge in [0.2, 0.25) is 5.91 Å². The van der Waals surface area contributed by atoms with Gasteiger partial charge in [-0.15, -0.1) is 0 Å². The first-order valence-corrected chi connectivity index (χ1v) is 8.48. The number of thioether (sulfide) groups is 1. The van der Waals surface area contributed by atoms with Gasteiger partial charge in [-0.1, -0.05) is 0 Å². The third-order valence-corrected chi connectivity index (χ3v) is 4.58. The molecule has 3 N–H and O–H groups in total. The van der Waals surface area contributed by atoms with Crippen molar-refractivity contribution in [1.82, 2.24) is 10.2 Å². The summed E-state index contributed by atoms with van der Waals surface area (Å²) in [5, 5.41) is 2.92. The molecule has 2 fully saturated rings. The number of morpholine rings is 1. The molecule has 0 bridgehead atoms. The highest BCUT2D eigenvalue weighted by Gasteiger charge is 2.32. The molecule has 0 aliphatic carbocycles. The van der Waals surface area contributed by atoms with Gasteiger partial charge in [-0.2, -0.15) is 11.8 Å². The second kappa shape index (κ2) is 7.47. The first-order valence-electron chi connectivity index (χ1n) is 7.08. The topological polar surface area (TPSA) is 67.6 Å². The molecule has 1 amide bonds. The number of rotatable bonds is 6. The molecular formula is C13H25N3O2S. The summed E-state index contributed by atoms with van der Waals surface area (Å²) in [6.45, 7) is 3.49. The van der Waals surface area contributed by atoms with E-state index in [0.29, 0.717) is 12.6 Å². The van der Waals surface area contributed by atoms with Crippen molar-refractivity contribution >= 4 is 17.7 Å². The lowest BCUT2D eigenvalue weighted by atomic mass is 10.2. The highest BCUT2D eigenvalue weighted by atomic mass is 32.2. The molecule has 2 rings (SSSR count). The van der Waals surface area contributed by atoms with Gasteiger partial charge in [0.1, 0.15) is 0 Å². The molecule has 2 heterocycles. The van der Waals surface area contributed by atoms with Gasteiger partial charge < -0.3 is 15.8 Å². The third-order valence-electron chi connectivity index (χ3n) is 3.94. The van der Waals surface area contributed by atoms with Gasteiger partial charge >= 0.3 is 0 Å². The zero-order valence-corrected chi connectivity index (χ0v) is 12.5. The number of carbonyl (C=O) groups excluding carboxylic acids is 1. The maximum absolute atomic E-state index is 11.8. The number of amides is 1. The van der Waals surface area contributed by atoms with Gasteiger partial charge in [0, 0.05) is 19.1 Å². The van der Waals surface area contributed by atoms with E-state index in [1.165, 1.54) is 19.4 Å². The maximum atomic E-state index is 11.8. The largest absolute Gasteiger partial charge is 0.373 e. The van der Waals surface area contributed by atoms with E-state index < -0.39 is 6.04 Å². The Balaban J connectivity index is 1.66. The SMILES string of the molecule is CSCC[C@H](N)C(=O)NCC1CN2CCCC2CO1. The number of carbonyl (C=O) groups is 1. The van der Waals surface area contributed by atoms with Crippen molar-refractivity contribution in [3.8, 4) is 0 Å². The van der Waals surface area contributed by atoms with Crippen LogP contribution in [-0.2, 0) is 9.53 Å². The average Bonchev–Trinajstić information content (AvgIpc) is 2.89. The van der Waals surface area contributed by atoms with E-state index >= 15 is 0 Å². The van der Waals surface area contributed by atoms with Gasteiger partial charge in [0.05, 0.1) is 18.8 Å². The first-order chi connectivity index (χ1) is 9.20. The fourth-order valence-electron chi connectivity index (χ4n) is 2.73. The number of nitrogens with one attached hydrogen (secondary N) is 1. The summed E-state index contributed by atoms with van der Waals surface area (Å²) in [7, 11) is 0. The molecular weight excluding hydrogens is 262 g/mol. The van der Waals surface area contributed by atoms with E-state index in [1.807, 2.05) is 6.26 Å². The fraction of sp³-hybridized carbons (Fsp3) is 0.923. The van der Waals surface area contributed by atoms with Crippen LogP contribution in [0.1, 0.15) is 19.3 Å². The van der Waals surface area contributed by atoms with Crippen LogP contribution in [0, 0.1) is 0 Å². The Morgan fingerprint density at radius 1 is 1.63 bits per heavy atom. The summed E-state index contributed by atoms with van der Waals surface area (Å²) in [6, 6.07) is 0.214. The fourth-order valence-corrected chi connectivity index (χ4v) is 3.22. The van der Waals surface area contributed by atoms with Crippen molar-refractivity contribution in [3.05, 3.63) is 0 Å². The van der Waals surface area contributed by atoms with E-state index in [0.717, 1.165) is 25.3 Å². The summed E-state index contributed by atoms with van der Waals surface area (Å²) in [5.41, 5.74) is 5.83. The predicted molar refractivity (Wildman–Crippen MR) is 78.3 cm³/mol. The summed E-state index contributed by atoms with van der Waals surface area (Å²) >= 11 is 1.71. The number of ether oxygens (including phenoxy) is 1. The molecule has 2 saturated heterocycles. The zero-order chi connectivity index (χ0) is 13.7. The van der Waals surface area contributed by atoms with Gasteiger partial charge in [-0.25, -0.2) is 0 Å². The van der Waals surface area contributed by atoms with Crippen LogP contribution < -0.4 is 11.1 Å². The van der Waals surface area contributed by atoms with Crippen LogP contribution in [0.15, 0.2) is 0 Å². The minimum atomic E-state index is -0.393. The highest BCUT2D eigenvalue weighted by molar-refractivity contribution is 7.98. The van der Waals surface area contributed by atoms with Gasteiger partial charge in [-0.3, -0.25) is 9.69 Å². The Bertz CT molecular complexity index is 304. The standard InChI is InChI=1S/C13H25N3O2S/c1-19-6-4-12(14)13(17)15-7-11-8-16-5-2-3-10(16)9-18-11/h10-12H,2-9,14H2,1H3,(H,15,17)/t10?,11?,12-/m0/s1. The molecule has 0 spiro atoms. The predicted octanol–water partition coefficient (Wildman–Crippen LogP) is 0.0462. The van der Waals surface area contributed by atoms with Crippen LogP contribution in [0.25, 0.3) is 0 Å². The van der Waals surface area contributed by atoms with Crippen LogP contribution in [0.4, 0.5) is 0 Å². The lowest BCUT2D eigenvalue weighted by molar-refractivity contribution is -0.123. The van der Waals surface area contributed by atoms with E-state index in [2.05, 4.69) is 10.2 Å². The summed E-state index contributed by atoms with van der Waals surface area (Å²) in [6.07, 6.45) is 5.39. The molecule has 6 heteroatoms. The normalized spacial score (nSPS) is 28.9. The molecule has 0 saturated carbocycles. The van der Waals surface area contributed by atoms with Crippen LogP contribution in [0.5, 0.6) is 0 Å². The van der Waals surface area contributed by atoms with Crippen LogP contribution >= 0.6 is 11.8 Å². The van der Waals surface area contributed by atoms with Crippen molar-refractivity contribution in [2.45, 2.75) is 37.5 Å². The second-order valence-electron chi connectivity index (χ2n) is 5.38. The number of fused-ring (bicyclic) bond motifs is 1. The van der Waals surface area contributed by atoms with Crippen molar-refractivity contribution in [1.29, 1.82) is 0 Å². The number of hydrogen-bond donors (Lipinski definition) is 2. The quantitative estimate of drug-likeness (QED) is 0.722. The summed E-state index contributed by atoms with van der Waals surface area (Å²) in [5.74, 6) is 0.866. The van der Waals surface area contributed by atoms with Gasteiger partial charge in [0.15, 0.2) is 0 Å². The lowest BCUT2D eigenvalue weighted by Crippen LogP contribution is -2.51. The molecule has 2 aliphatic rings. The van der Waals surface area contributed by atoms with Gasteiger partial charge in [-0.05, 0) is 37.8 Å². The monoisotopic (exact) mass is 287 g/mol. The Morgan fingerprint density at radius 3 is 3.26 bits per heavy atom. The molecule has 2 aliphatic heterocycles. The Labute approximate surface area is 119 Å². The molecule has 3 atom stereocenters. The maximum Gasteiger partial charge on any atom is 0.237 e. The minimum absolute atomic E-state index is 0.0544. The van der Waals surface area contributed by atoms with Crippen molar-refractivity contribution in [2.24, 2.45) is 5.73 Å². The van der Waals surface area contributed by atoms with Crippen LogP contribution in [-0.4, -0.2) is 67.2 Å². The molecule has 19 heavy (non-hydrogen) atoms. The third kappa shape index (κ3) is 4.34. The lowest BCUT2D eigenvalue weighted by Gasteiger charge is -2.35. The smallest absolute Gasteiger partial charge is 0.237 e. The Hall–Kier alpha value is -0.300. The molecule has 0 aromatic heterocycles. The van der Waals surface area contributed by atoms with E-state index in [4.69, 9.17) is 10.5 Å². The van der Waals surface area contributed by atoms with Gasteiger partial charge in [0.25, 0.3) is 0 Å². The van der Waals surface area contributed by atoms with E-state index in [9.17, 15) is 4.79 Å². The molecule has 0 aromatic rings. The Morgan fingerprint density at radius 2 is 2.47 bits per heavy atom. The van der Waals surface area contributed by atoms with Crippen molar-refractivity contribution < 1.29 is 9.53 Å². The summed E-state index contributed by atoms with van der Waals surface area (Å²) < 4.78 is 5.80. The second-order valence-corrected chi connectivity index (χ2v) is 6.37. The number of nitrogens with two attached hydrogens (primary N) is 1.